The topological polar surface area (TPSA) is 12.9 Å². The van der Waals surface area contributed by atoms with Crippen LogP contribution in [-0.4, -0.2) is 4.98 Å². The van der Waals surface area contributed by atoms with E-state index in [1.165, 1.54) is 43.0 Å². The molecule has 4 rings (SSSR count). The third-order valence-corrected chi connectivity index (χ3v) is 5.49. The molecule has 1 aromatic heterocycles. The fourth-order valence-corrected chi connectivity index (χ4v) is 3.85. The van der Waals surface area contributed by atoms with Crippen molar-refractivity contribution in [2.75, 3.05) is 0 Å². The monoisotopic (exact) mass is 383 g/mol. The van der Waals surface area contributed by atoms with Gasteiger partial charge in [-0.15, -0.1) is 0 Å². The summed E-state index contributed by atoms with van der Waals surface area (Å²) >= 11 is 0. The Bertz CT molecular complexity index is 1100. The van der Waals surface area contributed by atoms with Gasteiger partial charge in [-0.2, -0.15) is 0 Å². The number of aromatic nitrogens is 1. The first-order valence-corrected chi connectivity index (χ1v) is 10.5. The molecule has 0 saturated carbocycles. The minimum absolute atomic E-state index is 0.282. The molecule has 0 atom stereocenters. The van der Waals surface area contributed by atoms with Crippen molar-refractivity contribution in [3.05, 3.63) is 90.4 Å². The van der Waals surface area contributed by atoms with Gasteiger partial charge < -0.3 is 0 Å². The van der Waals surface area contributed by atoms with Crippen molar-refractivity contribution >= 4 is 10.8 Å². The number of fused-ring (bicyclic) bond motifs is 1. The molecular weight excluding hydrogens is 357 g/mol. The molecule has 0 aliphatic heterocycles. The van der Waals surface area contributed by atoms with Gasteiger partial charge in [-0.25, -0.2) is 4.39 Å². The molecule has 0 saturated heterocycles. The van der Waals surface area contributed by atoms with E-state index in [1.54, 1.807) is 6.07 Å². The second-order valence-corrected chi connectivity index (χ2v) is 7.59. The molecule has 3 aromatic carbocycles. The highest BCUT2D eigenvalue weighted by atomic mass is 19.1. The van der Waals surface area contributed by atoms with Crippen LogP contribution in [0, 0.1) is 5.82 Å². The standard InChI is InChI=1S/C27H26FN/c1-2-3-4-5-9-20-14-16-21(17-15-20)22-10-8-11-23(18-22)27-25-13-7-6-12-24(25)26(28)19-29-27/h6-8,10-19H,2-5,9H2,1H3. The first-order chi connectivity index (χ1) is 14.3. The van der Waals surface area contributed by atoms with Crippen molar-refractivity contribution in [1.82, 2.24) is 4.98 Å². The van der Waals surface area contributed by atoms with E-state index < -0.39 is 0 Å². The minimum atomic E-state index is -0.282. The van der Waals surface area contributed by atoms with Gasteiger partial charge in [-0.3, -0.25) is 4.98 Å². The van der Waals surface area contributed by atoms with E-state index >= 15 is 0 Å². The number of hydrogen-bond acceptors (Lipinski definition) is 1. The maximum atomic E-state index is 14.1. The number of unbranched alkanes of at least 4 members (excludes halogenated alkanes) is 3. The summed E-state index contributed by atoms with van der Waals surface area (Å²) in [7, 11) is 0. The summed E-state index contributed by atoms with van der Waals surface area (Å²) in [6, 6.07) is 24.7. The lowest BCUT2D eigenvalue weighted by Gasteiger charge is -2.09. The summed E-state index contributed by atoms with van der Waals surface area (Å²) in [5, 5.41) is 1.45. The molecule has 0 unspecified atom stereocenters. The Morgan fingerprint density at radius 2 is 1.48 bits per heavy atom. The van der Waals surface area contributed by atoms with Crippen molar-refractivity contribution in [3.63, 3.8) is 0 Å². The summed E-state index contributed by atoms with van der Waals surface area (Å²) in [5.74, 6) is -0.282. The zero-order chi connectivity index (χ0) is 20.1. The Morgan fingerprint density at radius 1 is 0.724 bits per heavy atom. The third-order valence-electron chi connectivity index (χ3n) is 5.49. The zero-order valence-electron chi connectivity index (χ0n) is 16.9. The highest BCUT2D eigenvalue weighted by Gasteiger charge is 2.10. The smallest absolute Gasteiger partial charge is 0.149 e. The lowest BCUT2D eigenvalue weighted by Crippen LogP contribution is -1.90. The molecule has 29 heavy (non-hydrogen) atoms. The van der Waals surface area contributed by atoms with Crippen LogP contribution in [0.2, 0.25) is 0 Å². The molecule has 2 heteroatoms. The third kappa shape index (κ3) is 4.37. The highest BCUT2D eigenvalue weighted by molar-refractivity contribution is 5.95. The lowest BCUT2D eigenvalue weighted by molar-refractivity contribution is 0.634. The second-order valence-electron chi connectivity index (χ2n) is 7.59. The zero-order valence-corrected chi connectivity index (χ0v) is 16.9. The SMILES string of the molecule is CCCCCCc1ccc(-c2cccc(-c3ncc(F)c4ccccc34)c2)cc1. The highest BCUT2D eigenvalue weighted by Crippen LogP contribution is 2.31. The van der Waals surface area contributed by atoms with E-state index in [-0.39, 0.29) is 5.82 Å². The van der Waals surface area contributed by atoms with Gasteiger partial charge in [0.25, 0.3) is 0 Å². The molecule has 0 amide bonds. The molecule has 0 N–H and O–H groups in total. The predicted molar refractivity (Wildman–Crippen MR) is 120 cm³/mol. The largest absolute Gasteiger partial charge is 0.253 e. The number of nitrogens with zero attached hydrogens (tertiary/aromatic N) is 1. The van der Waals surface area contributed by atoms with Crippen LogP contribution in [0.1, 0.15) is 38.2 Å². The lowest BCUT2D eigenvalue weighted by atomic mass is 9.97. The van der Waals surface area contributed by atoms with Gasteiger partial charge in [0.2, 0.25) is 0 Å². The van der Waals surface area contributed by atoms with E-state index in [9.17, 15) is 4.39 Å². The molecule has 0 bridgehead atoms. The van der Waals surface area contributed by atoms with Crippen LogP contribution >= 0.6 is 0 Å². The van der Waals surface area contributed by atoms with Gasteiger partial charge in [0, 0.05) is 16.3 Å². The number of pyridine rings is 1. The van der Waals surface area contributed by atoms with Crippen LogP contribution in [0.25, 0.3) is 33.2 Å². The van der Waals surface area contributed by atoms with Crippen molar-refractivity contribution in [3.8, 4) is 22.4 Å². The second kappa shape index (κ2) is 9.00. The Morgan fingerprint density at radius 3 is 2.28 bits per heavy atom. The maximum absolute atomic E-state index is 14.1. The van der Waals surface area contributed by atoms with Crippen LogP contribution in [-0.2, 0) is 6.42 Å². The van der Waals surface area contributed by atoms with Crippen LogP contribution in [0.3, 0.4) is 0 Å². The fraction of sp³-hybridized carbons (Fsp3) is 0.222. The molecule has 1 heterocycles. The number of hydrogen-bond donors (Lipinski definition) is 0. The first kappa shape index (κ1) is 19.3. The Hall–Kier alpha value is -3.00. The molecule has 1 nitrogen and oxygen atoms in total. The normalized spacial score (nSPS) is 11.1. The van der Waals surface area contributed by atoms with Crippen LogP contribution in [0.15, 0.2) is 79.0 Å². The Labute approximate surface area is 172 Å². The van der Waals surface area contributed by atoms with Gasteiger partial charge in [0.15, 0.2) is 0 Å². The summed E-state index contributed by atoms with van der Waals surface area (Å²) in [6.07, 6.45) is 7.61. The first-order valence-electron chi connectivity index (χ1n) is 10.5. The Balaban J connectivity index is 1.61. The van der Waals surface area contributed by atoms with Crippen molar-refractivity contribution in [2.45, 2.75) is 39.0 Å². The summed E-state index contributed by atoms with van der Waals surface area (Å²) < 4.78 is 14.1. The summed E-state index contributed by atoms with van der Waals surface area (Å²) in [4.78, 5) is 4.40. The van der Waals surface area contributed by atoms with Crippen molar-refractivity contribution < 1.29 is 4.39 Å². The van der Waals surface area contributed by atoms with Crippen molar-refractivity contribution in [2.24, 2.45) is 0 Å². The van der Waals surface area contributed by atoms with E-state index in [2.05, 4.69) is 48.3 Å². The maximum Gasteiger partial charge on any atom is 0.149 e. The number of halogens is 1. The van der Waals surface area contributed by atoms with Gasteiger partial charge in [-0.05, 0) is 35.6 Å². The van der Waals surface area contributed by atoms with E-state index in [0.717, 1.165) is 28.6 Å². The van der Waals surface area contributed by atoms with E-state index in [4.69, 9.17) is 0 Å². The number of rotatable bonds is 7. The van der Waals surface area contributed by atoms with Gasteiger partial charge in [0.05, 0.1) is 11.9 Å². The van der Waals surface area contributed by atoms with Crippen LogP contribution in [0.4, 0.5) is 4.39 Å². The number of benzene rings is 3. The molecule has 4 aromatic rings. The molecule has 0 spiro atoms. The Kier molecular flexibility index (Phi) is 6.00. The summed E-state index contributed by atoms with van der Waals surface area (Å²) in [6.45, 7) is 2.24. The quantitative estimate of drug-likeness (QED) is 0.296. The van der Waals surface area contributed by atoms with E-state index in [0.29, 0.717) is 5.39 Å². The average Bonchev–Trinajstić information content (AvgIpc) is 2.78. The van der Waals surface area contributed by atoms with Crippen molar-refractivity contribution in [1.29, 1.82) is 0 Å². The molecular formula is C27H26FN. The fourth-order valence-electron chi connectivity index (χ4n) is 3.85. The van der Waals surface area contributed by atoms with Crippen LogP contribution in [0.5, 0.6) is 0 Å². The molecule has 0 aliphatic carbocycles. The summed E-state index contributed by atoms with van der Waals surface area (Å²) in [5.41, 5.74) is 5.55. The predicted octanol–water partition coefficient (Wildman–Crippen LogP) is 7.83. The van der Waals surface area contributed by atoms with Gasteiger partial charge in [0.1, 0.15) is 5.82 Å². The molecule has 0 aliphatic rings. The number of aryl methyl sites for hydroxylation is 1. The molecule has 0 fully saturated rings. The minimum Gasteiger partial charge on any atom is -0.253 e. The molecule has 0 radical (unpaired) electrons. The van der Waals surface area contributed by atoms with Gasteiger partial charge >= 0.3 is 0 Å². The van der Waals surface area contributed by atoms with E-state index in [1.807, 2.05) is 30.3 Å². The van der Waals surface area contributed by atoms with Gasteiger partial charge in [-0.1, -0.05) is 92.9 Å². The van der Waals surface area contributed by atoms with Crippen LogP contribution < -0.4 is 0 Å². The molecule has 146 valence electrons. The average molecular weight is 384 g/mol.